The molecule has 0 aliphatic rings. The number of unbranched alkanes of at least 4 members (excludes halogenated alkanes) is 1. The highest BCUT2D eigenvalue weighted by Gasteiger charge is 2.03. The van der Waals surface area contributed by atoms with Gasteiger partial charge in [0.25, 0.3) is 0 Å². The van der Waals surface area contributed by atoms with Crippen LogP contribution in [-0.4, -0.2) is 14.9 Å². The van der Waals surface area contributed by atoms with Crippen molar-refractivity contribution in [2.24, 2.45) is 0 Å². The van der Waals surface area contributed by atoms with E-state index < -0.39 is 0 Å². The molecule has 0 amide bonds. The first-order valence-electron chi connectivity index (χ1n) is 4.41. The normalized spacial score (nSPS) is 10.6. The minimum absolute atomic E-state index is 0.0952. The second-order valence-electron chi connectivity index (χ2n) is 2.99. The van der Waals surface area contributed by atoms with Gasteiger partial charge in [-0.3, -0.25) is 4.68 Å². The lowest BCUT2D eigenvalue weighted by atomic mass is 10.3. The fraction of sp³-hybridized carbons (Fsp3) is 0.667. The Labute approximate surface area is 73.0 Å². The van der Waals surface area contributed by atoms with Crippen LogP contribution in [0.3, 0.4) is 0 Å². The summed E-state index contributed by atoms with van der Waals surface area (Å²) in [7, 11) is 0. The van der Waals surface area contributed by atoms with Crippen LogP contribution >= 0.6 is 0 Å². The number of aryl methyl sites for hydroxylation is 1. The van der Waals surface area contributed by atoms with E-state index in [0.717, 1.165) is 24.2 Å². The smallest absolute Gasteiger partial charge is 0.0715 e. The minimum atomic E-state index is 0.0952. The van der Waals surface area contributed by atoms with Crippen molar-refractivity contribution in [1.29, 1.82) is 0 Å². The molecule has 68 valence electrons. The molecule has 0 saturated carbocycles. The molecule has 0 aromatic carbocycles. The Morgan fingerprint density at radius 1 is 1.58 bits per heavy atom. The highest BCUT2D eigenvalue weighted by atomic mass is 16.3. The van der Waals surface area contributed by atoms with Crippen LogP contribution in [0.15, 0.2) is 6.20 Å². The van der Waals surface area contributed by atoms with E-state index in [9.17, 15) is 0 Å². The summed E-state index contributed by atoms with van der Waals surface area (Å²) in [4.78, 5) is 0. The lowest BCUT2D eigenvalue weighted by Crippen LogP contribution is -2.02. The molecule has 1 aromatic rings. The Morgan fingerprint density at radius 2 is 2.33 bits per heavy atom. The van der Waals surface area contributed by atoms with Gasteiger partial charge in [-0.25, -0.2) is 0 Å². The van der Waals surface area contributed by atoms with E-state index in [0.29, 0.717) is 0 Å². The summed E-state index contributed by atoms with van der Waals surface area (Å²) in [6.07, 6.45) is 4.06. The number of hydrogen-bond donors (Lipinski definition) is 1. The van der Waals surface area contributed by atoms with E-state index in [2.05, 4.69) is 12.0 Å². The molecule has 12 heavy (non-hydrogen) atoms. The number of aliphatic hydroxyl groups excluding tert-OH is 1. The SMILES string of the molecule is CCCCn1ncc(CO)c1C. The fourth-order valence-electron chi connectivity index (χ4n) is 1.17. The lowest BCUT2D eigenvalue weighted by molar-refractivity contribution is 0.280. The van der Waals surface area contributed by atoms with Crippen molar-refractivity contribution in [3.63, 3.8) is 0 Å². The average Bonchev–Trinajstić information content (AvgIpc) is 2.43. The van der Waals surface area contributed by atoms with E-state index in [1.807, 2.05) is 11.6 Å². The highest BCUT2D eigenvalue weighted by molar-refractivity contribution is 5.14. The van der Waals surface area contributed by atoms with Crippen molar-refractivity contribution < 1.29 is 5.11 Å². The molecular weight excluding hydrogens is 152 g/mol. The van der Waals surface area contributed by atoms with Crippen LogP contribution < -0.4 is 0 Å². The van der Waals surface area contributed by atoms with Crippen molar-refractivity contribution in [3.8, 4) is 0 Å². The van der Waals surface area contributed by atoms with Crippen LogP contribution in [0.4, 0.5) is 0 Å². The van der Waals surface area contributed by atoms with Crippen LogP contribution in [0.1, 0.15) is 31.0 Å². The number of hydrogen-bond acceptors (Lipinski definition) is 2. The van der Waals surface area contributed by atoms with E-state index in [1.54, 1.807) is 6.20 Å². The van der Waals surface area contributed by atoms with Crippen LogP contribution in [0, 0.1) is 6.92 Å². The first-order valence-corrected chi connectivity index (χ1v) is 4.41. The number of aromatic nitrogens is 2. The van der Waals surface area contributed by atoms with Gasteiger partial charge in [0.1, 0.15) is 0 Å². The summed E-state index contributed by atoms with van der Waals surface area (Å²) in [6.45, 7) is 5.21. The predicted molar refractivity (Wildman–Crippen MR) is 47.8 cm³/mol. The molecule has 3 heteroatoms. The van der Waals surface area contributed by atoms with E-state index in [-0.39, 0.29) is 6.61 Å². The Hall–Kier alpha value is -0.830. The van der Waals surface area contributed by atoms with Crippen molar-refractivity contribution >= 4 is 0 Å². The van der Waals surface area contributed by atoms with Crippen molar-refractivity contribution in [2.75, 3.05) is 0 Å². The van der Waals surface area contributed by atoms with Gasteiger partial charge in [-0.05, 0) is 13.3 Å². The second kappa shape index (κ2) is 4.26. The van der Waals surface area contributed by atoms with E-state index >= 15 is 0 Å². The maximum absolute atomic E-state index is 8.90. The molecule has 0 unspecified atom stereocenters. The predicted octanol–water partition coefficient (Wildman–Crippen LogP) is 1.48. The van der Waals surface area contributed by atoms with Gasteiger partial charge in [0, 0.05) is 17.8 Å². The quantitative estimate of drug-likeness (QED) is 0.739. The van der Waals surface area contributed by atoms with Gasteiger partial charge >= 0.3 is 0 Å². The molecule has 1 rings (SSSR count). The summed E-state index contributed by atoms with van der Waals surface area (Å²) in [5, 5.41) is 13.1. The van der Waals surface area contributed by atoms with Crippen LogP contribution in [0.2, 0.25) is 0 Å². The molecule has 0 atom stereocenters. The molecule has 0 fully saturated rings. The molecule has 3 nitrogen and oxygen atoms in total. The lowest BCUT2D eigenvalue weighted by Gasteiger charge is -2.02. The van der Waals surface area contributed by atoms with Crippen LogP contribution in [-0.2, 0) is 13.2 Å². The first kappa shape index (κ1) is 9.26. The van der Waals surface area contributed by atoms with Crippen molar-refractivity contribution in [3.05, 3.63) is 17.5 Å². The molecule has 0 spiro atoms. The largest absolute Gasteiger partial charge is 0.392 e. The van der Waals surface area contributed by atoms with E-state index in [1.165, 1.54) is 6.42 Å². The highest BCUT2D eigenvalue weighted by Crippen LogP contribution is 2.07. The zero-order valence-electron chi connectivity index (χ0n) is 7.75. The minimum Gasteiger partial charge on any atom is -0.392 e. The molecular formula is C9H16N2O. The topological polar surface area (TPSA) is 38.0 Å². The standard InChI is InChI=1S/C9H16N2O/c1-3-4-5-11-8(2)9(7-12)6-10-11/h6,12H,3-5,7H2,1-2H3. The molecule has 0 aliphatic heterocycles. The first-order chi connectivity index (χ1) is 5.79. The second-order valence-corrected chi connectivity index (χ2v) is 2.99. The Morgan fingerprint density at radius 3 is 2.83 bits per heavy atom. The molecule has 0 saturated heterocycles. The van der Waals surface area contributed by atoms with Gasteiger partial charge in [0.05, 0.1) is 12.8 Å². The summed E-state index contributed by atoms with van der Waals surface area (Å²) in [5.74, 6) is 0. The van der Waals surface area contributed by atoms with Gasteiger partial charge in [0.2, 0.25) is 0 Å². The number of rotatable bonds is 4. The van der Waals surface area contributed by atoms with Crippen LogP contribution in [0.25, 0.3) is 0 Å². The maximum atomic E-state index is 8.90. The van der Waals surface area contributed by atoms with Crippen molar-refractivity contribution in [1.82, 2.24) is 9.78 Å². The summed E-state index contributed by atoms with van der Waals surface area (Å²) < 4.78 is 1.95. The summed E-state index contributed by atoms with van der Waals surface area (Å²) in [6, 6.07) is 0. The molecule has 0 radical (unpaired) electrons. The number of nitrogens with zero attached hydrogens (tertiary/aromatic N) is 2. The number of aliphatic hydroxyl groups is 1. The Kier molecular flexibility index (Phi) is 3.29. The third-order valence-electron chi connectivity index (χ3n) is 2.10. The van der Waals surface area contributed by atoms with Gasteiger partial charge in [0.15, 0.2) is 0 Å². The summed E-state index contributed by atoms with van der Waals surface area (Å²) in [5.41, 5.74) is 2.03. The fourth-order valence-corrected chi connectivity index (χ4v) is 1.17. The molecule has 0 bridgehead atoms. The zero-order valence-corrected chi connectivity index (χ0v) is 7.75. The van der Waals surface area contributed by atoms with Gasteiger partial charge in [-0.15, -0.1) is 0 Å². The maximum Gasteiger partial charge on any atom is 0.0715 e. The average molecular weight is 168 g/mol. The van der Waals surface area contributed by atoms with Gasteiger partial charge in [-0.2, -0.15) is 5.10 Å². The summed E-state index contributed by atoms with van der Waals surface area (Å²) >= 11 is 0. The van der Waals surface area contributed by atoms with Gasteiger partial charge in [-0.1, -0.05) is 13.3 Å². The molecule has 1 heterocycles. The third kappa shape index (κ3) is 1.85. The van der Waals surface area contributed by atoms with Gasteiger partial charge < -0.3 is 5.11 Å². The monoisotopic (exact) mass is 168 g/mol. The molecule has 1 aromatic heterocycles. The molecule has 1 N–H and O–H groups in total. The van der Waals surface area contributed by atoms with Crippen LogP contribution in [0.5, 0.6) is 0 Å². The van der Waals surface area contributed by atoms with E-state index in [4.69, 9.17) is 5.11 Å². The Balaban J connectivity index is 2.66. The molecule has 0 aliphatic carbocycles. The third-order valence-corrected chi connectivity index (χ3v) is 2.10. The van der Waals surface area contributed by atoms with Crippen molar-refractivity contribution in [2.45, 2.75) is 39.8 Å². The Bertz CT molecular complexity index is 243. The zero-order chi connectivity index (χ0) is 8.97.